The molecule has 0 unspecified atom stereocenters. The summed E-state index contributed by atoms with van der Waals surface area (Å²) in [6.45, 7) is 4.69. The summed E-state index contributed by atoms with van der Waals surface area (Å²) >= 11 is 0. The van der Waals surface area contributed by atoms with Gasteiger partial charge in [-0.15, -0.1) is 5.10 Å². The largest absolute Gasteiger partial charge is 0.355 e. The van der Waals surface area contributed by atoms with Crippen molar-refractivity contribution in [3.8, 4) is 0 Å². The van der Waals surface area contributed by atoms with Gasteiger partial charge >= 0.3 is 5.69 Å². The van der Waals surface area contributed by atoms with Gasteiger partial charge in [0.15, 0.2) is 5.65 Å². The van der Waals surface area contributed by atoms with Gasteiger partial charge in [-0.3, -0.25) is 9.20 Å². The molecule has 0 aliphatic heterocycles. The zero-order valence-corrected chi connectivity index (χ0v) is 12.2. The quantitative estimate of drug-likeness (QED) is 0.671. The normalized spacial score (nSPS) is 10.9. The van der Waals surface area contributed by atoms with Crippen LogP contribution in [0, 0.1) is 0 Å². The van der Waals surface area contributed by atoms with Crippen molar-refractivity contribution < 1.29 is 4.79 Å². The smallest absolute Gasteiger partial charge is 0.350 e. The molecule has 21 heavy (non-hydrogen) atoms. The van der Waals surface area contributed by atoms with Gasteiger partial charge in [-0.05, 0) is 25.1 Å². The zero-order chi connectivity index (χ0) is 15.1. The first-order chi connectivity index (χ1) is 10.2. The lowest BCUT2D eigenvalue weighted by Gasteiger charge is -2.05. The zero-order valence-electron chi connectivity index (χ0n) is 12.2. The molecule has 0 spiro atoms. The van der Waals surface area contributed by atoms with Crippen molar-refractivity contribution in [3.05, 3.63) is 34.9 Å². The Labute approximate surface area is 123 Å². The summed E-state index contributed by atoms with van der Waals surface area (Å²) < 4.78 is 2.79. The van der Waals surface area contributed by atoms with Crippen LogP contribution in [0.4, 0.5) is 0 Å². The van der Waals surface area contributed by atoms with Gasteiger partial charge in [0.1, 0.15) is 0 Å². The number of carbonyl (C=O) groups is 1. The van der Waals surface area contributed by atoms with Crippen molar-refractivity contribution in [2.75, 3.05) is 19.6 Å². The summed E-state index contributed by atoms with van der Waals surface area (Å²) in [5.74, 6) is -0.0720. The van der Waals surface area contributed by atoms with Gasteiger partial charge in [0, 0.05) is 25.7 Å². The summed E-state index contributed by atoms with van der Waals surface area (Å²) in [7, 11) is 0. The van der Waals surface area contributed by atoms with Crippen molar-refractivity contribution in [3.63, 3.8) is 0 Å². The van der Waals surface area contributed by atoms with E-state index in [1.54, 1.807) is 18.3 Å². The molecule has 2 aromatic rings. The first-order valence-electron chi connectivity index (χ1n) is 7.24. The Morgan fingerprint density at radius 2 is 2.14 bits per heavy atom. The number of pyridine rings is 1. The molecule has 0 radical (unpaired) electrons. The van der Waals surface area contributed by atoms with E-state index in [9.17, 15) is 9.59 Å². The maximum Gasteiger partial charge on any atom is 0.350 e. The Bertz CT molecular complexity index is 646. The van der Waals surface area contributed by atoms with Crippen LogP contribution >= 0.6 is 0 Å². The van der Waals surface area contributed by atoms with Gasteiger partial charge < -0.3 is 10.6 Å². The molecule has 2 aromatic heterocycles. The topological polar surface area (TPSA) is 80.4 Å². The minimum Gasteiger partial charge on any atom is -0.355 e. The van der Waals surface area contributed by atoms with Crippen LogP contribution < -0.4 is 16.3 Å². The standard InChI is InChI=1S/C14H21N5O2/c1-2-7-15-8-9-16-13(20)6-11-19-14(21)18-10-4-3-5-12(18)17-19/h3-5,10,15H,2,6-9,11H2,1H3,(H,16,20). The van der Waals surface area contributed by atoms with E-state index in [0.717, 1.165) is 19.5 Å². The molecule has 2 rings (SSSR count). The number of hydrogen-bond donors (Lipinski definition) is 2. The molecule has 7 nitrogen and oxygen atoms in total. The monoisotopic (exact) mass is 291 g/mol. The molecule has 0 aliphatic rings. The summed E-state index contributed by atoms with van der Waals surface area (Å²) in [4.78, 5) is 23.7. The number of hydrogen-bond acceptors (Lipinski definition) is 4. The van der Waals surface area contributed by atoms with Crippen molar-refractivity contribution in [2.24, 2.45) is 0 Å². The molecule has 114 valence electrons. The molecule has 1 amide bonds. The third kappa shape index (κ3) is 4.16. The van der Waals surface area contributed by atoms with Gasteiger partial charge in [-0.1, -0.05) is 13.0 Å². The summed E-state index contributed by atoms with van der Waals surface area (Å²) in [5.41, 5.74) is 0.370. The van der Waals surface area contributed by atoms with E-state index >= 15 is 0 Å². The van der Waals surface area contributed by atoms with Crippen LogP contribution in [0.5, 0.6) is 0 Å². The fraction of sp³-hybridized carbons (Fsp3) is 0.500. The number of fused-ring (bicyclic) bond motifs is 1. The third-order valence-corrected chi connectivity index (χ3v) is 3.09. The summed E-state index contributed by atoms with van der Waals surface area (Å²) in [6, 6.07) is 5.36. The van der Waals surface area contributed by atoms with E-state index in [4.69, 9.17) is 0 Å². The highest BCUT2D eigenvalue weighted by Gasteiger charge is 2.07. The predicted octanol–water partition coefficient (Wildman–Crippen LogP) is 0.00190. The van der Waals surface area contributed by atoms with Gasteiger partial charge in [0.25, 0.3) is 0 Å². The molecule has 0 saturated heterocycles. The van der Waals surface area contributed by atoms with E-state index in [-0.39, 0.29) is 24.6 Å². The minimum absolute atomic E-state index is 0.0720. The van der Waals surface area contributed by atoms with Gasteiger partial charge in [0.2, 0.25) is 5.91 Å². The van der Waals surface area contributed by atoms with E-state index in [0.29, 0.717) is 12.2 Å². The number of aromatic nitrogens is 3. The number of amides is 1. The van der Waals surface area contributed by atoms with Crippen LogP contribution in [-0.4, -0.2) is 39.7 Å². The first kappa shape index (κ1) is 15.2. The fourth-order valence-electron chi connectivity index (χ4n) is 2.00. The van der Waals surface area contributed by atoms with Crippen LogP contribution in [0.2, 0.25) is 0 Å². The molecule has 0 saturated carbocycles. The van der Waals surface area contributed by atoms with Crippen LogP contribution in [0.15, 0.2) is 29.2 Å². The fourth-order valence-corrected chi connectivity index (χ4v) is 2.00. The van der Waals surface area contributed by atoms with Crippen molar-refractivity contribution >= 4 is 11.6 Å². The second-order valence-corrected chi connectivity index (χ2v) is 4.78. The average molecular weight is 291 g/mol. The van der Waals surface area contributed by atoms with Crippen molar-refractivity contribution in [1.82, 2.24) is 24.8 Å². The van der Waals surface area contributed by atoms with Crippen LogP contribution in [0.25, 0.3) is 5.65 Å². The molecule has 0 aliphatic carbocycles. The molecule has 0 atom stereocenters. The Hall–Kier alpha value is -2.15. The lowest BCUT2D eigenvalue weighted by atomic mass is 10.4. The highest BCUT2D eigenvalue weighted by atomic mass is 16.2. The molecule has 2 heterocycles. The van der Waals surface area contributed by atoms with Crippen molar-refractivity contribution in [2.45, 2.75) is 26.3 Å². The first-order valence-corrected chi connectivity index (χ1v) is 7.24. The van der Waals surface area contributed by atoms with Crippen LogP contribution in [0.3, 0.4) is 0 Å². The molecule has 0 bridgehead atoms. The Morgan fingerprint density at radius 3 is 2.90 bits per heavy atom. The molecular formula is C14H21N5O2. The maximum atomic E-state index is 12.0. The lowest BCUT2D eigenvalue weighted by molar-refractivity contribution is -0.121. The molecular weight excluding hydrogens is 270 g/mol. The van der Waals surface area contributed by atoms with Gasteiger partial charge in [-0.25, -0.2) is 9.48 Å². The number of aryl methyl sites for hydroxylation is 1. The van der Waals surface area contributed by atoms with E-state index in [1.807, 2.05) is 6.07 Å². The highest BCUT2D eigenvalue weighted by Crippen LogP contribution is 1.95. The predicted molar refractivity (Wildman–Crippen MR) is 80.2 cm³/mol. The Balaban J connectivity index is 1.80. The van der Waals surface area contributed by atoms with Gasteiger partial charge in [0.05, 0.1) is 6.54 Å². The number of nitrogens with zero attached hydrogens (tertiary/aromatic N) is 3. The molecule has 2 N–H and O–H groups in total. The van der Waals surface area contributed by atoms with E-state index in [2.05, 4.69) is 22.7 Å². The second-order valence-electron chi connectivity index (χ2n) is 4.78. The molecule has 0 fully saturated rings. The minimum atomic E-state index is -0.219. The average Bonchev–Trinajstić information content (AvgIpc) is 2.82. The van der Waals surface area contributed by atoms with Gasteiger partial charge in [-0.2, -0.15) is 0 Å². The number of rotatable bonds is 8. The summed E-state index contributed by atoms with van der Waals surface area (Å²) in [6.07, 6.45) is 2.99. The second kappa shape index (κ2) is 7.58. The number of nitrogens with one attached hydrogen (secondary N) is 2. The highest BCUT2D eigenvalue weighted by molar-refractivity contribution is 5.75. The van der Waals surface area contributed by atoms with E-state index in [1.165, 1.54) is 9.08 Å². The van der Waals surface area contributed by atoms with Crippen LogP contribution in [-0.2, 0) is 11.3 Å². The molecule has 7 heteroatoms. The third-order valence-electron chi connectivity index (χ3n) is 3.09. The Kier molecular flexibility index (Phi) is 5.51. The lowest BCUT2D eigenvalue weighted by Crippen LogP contribution is -2.33. The molecule has 0 aromatic carbocycles. The Morgan fingerprint density at radius 1 is 1.29 bits per heavy atom. The van der Waals surface area contributed by atoms with Crippen LogP contribution in [0.1, 0.15) is 19.8 Å². The maximum absolute atomic E-state index is 12.0. The van der Waals surface area contributed by atoms with E-state index < -0.39 is 0 Å². The number of carbonyl (C=O) groups excluding carboxylic acids is 1. The summed E-state index contributed by atoms with van der Waals surface area (Å²) in [5, 5.41) is 10.2. The SMILES string of the molecule is CCCNCCNC(=O)CCn1nc2ccccn2c1=O. The van der Waals surface area contributed by atoms with Crippen molar-refractivity contribution in [1.29, 1.82) is 0 Å².